The average Bonchev–Trinajstić information content (AvgIpc) is 3.12. The second kappa shape index (κ2) is 5.99. The van der Waals surface area contributed by atoms with Crippen LogP contribution in [0.25, 0.3) is 11.4 Å². The average molecular weight is 323 g/mol. The molecule has 122 valence electrons. The summed E-state index contributed by atoms with van der Waals surface area (Å²) >= 11 is 0. The zero-order chi connectivity index (χ0) is 16.4. The van der Waals surface area contributed by atoms with Gasteiger partial charge in [-0.3, -0.25) is 4.79 Å². The molecular weight excluding hydrogens is 308 g/mol. The molecule has 1 unspecified atom stereocenters. The first kappa shape index (κ1) is 15.5. The quantitative estimate of drug-likeness (QED) is 0.889. The minimum atomic E-state index is -2.98. The molecule has 1 aliphatic heterocycles. The Labute approximate surface area is 130 Å². The van der Waals surface area contributed by atoms with Gasteiger partial charge in [0.25, 0.3) is 5.92 Å². The van der Waals surface area contributed by atoms with E-state index in [9.17, 15) is 13.6 Å². The first-order valence-electron chi connectivity index (χ1n) is 7.10. The molecule has 0 aliphatic carbocycles. The van der Waals surface area contributed by atoms with Crippen molar-refractivity contribution in [2.45, 2.75) is 24.9 Å². The fraction of sp³-hybridized carbons (Fsp3) is 0.429. The largest absolute Gasteiger partial charge is 0.394 e. The third-order valence-corrected chi connectivity index (χ3v) is 3.67. The van der Waals surface area contributed by atoms with Crippen molar-refractivity contribution >= 4 is 5.91 Å². The van der Waals surface area contributed by atoms with Gasteiger partial charge in [0.05, 0.1) is 19.2 Å². The predicted octanol–water partition coefficient (Wildman–Crippen LogP) is 0.569. The Morgan fingerprint density at radius 2 is 2.09 bits per heavy atom. The van der Waals surface area contributed by atoms with Gasteiger partial charge in [0, 0.05) is 12.0 Å². The highest BCUT2D eigenvalue weighted by Gasteiger charge is 2.46. The van der Waals surface area contributed by atoms with Gasteiger partial charge in [-0.25, -0.2) is 8.78 Å². The summed E-state index contributed by atoms with van der Waals surface area (Å²) in [5.41, 5.74) is 0.743. The number of likely N-dealkylation sites (tertiary alicyclic amines) is 1. The third-order valence-electron chi connectivity index (χ3n) is 3.67. The SMILES string of the molecule is O=C(Cn1nnc(-c2ccccc2)n1)N1CC(F)(F)CC1CO. The monoisotopic (exact) mass is 323 g/mol. The highest BCUT2D eigenvalue weighted by molar-refractivity contribution is 5.76. The Hall–Kier alpha value is -2.42. The minimum absolute atomic E-state index is 0.299. The summed E-state index contributed by atoms with van der Waals surface area (Å²) in [6.07, 6.45) is -0.532. The molecule has 23 heavy (non-hydrogen) atoms. The van der Waals surface area contributed by atoms with E-state index in [1.807, 2.05) is 18.2 Å². The molecule has 1 saturated heterocycles. The summed E-state index contributed by atoms with van der Waals surface area (Å²) in [5, 5.41) is 20.9. The van der Waals surface area contributed by atoms with Crippen LogP contribution in [0.3, 0.4) is 0 Å². The first-order valence-corrected chi connectivity index (χ1v) is 7.10. The molecule has 1 amide bonds. The fourth-order valence-electron chi connectivity index (χ4n) is 2.58. The Morgan fingerprint density at radius 3 is 2.78 bits per heavy atom. The molecule has 0 bridgehead atoms. The van der Waals surface area contributed by atoms with Gasteiger partial charge in [-0.15, -0.1) is 10.2 Å². The van der Waals surface area contributed by atoms with Crippen molar-refractivity contribution in [1.29, 1.82) is 0 Å². The van der Waals surface area contributed by atoms with E-state index in [0.29, 0.717) is 5.82 Å². The number of amides is 1. The van der Waals surface area contributed by atoms with Gasteiger partial charge >= 0.3 is 0 Å². The van der Waals surface area contributed by atoms with E-state index in [-0.39, 0.29) is 6.54 Å². The minimum Gasteiger partial charge on any atom is -0.394 e. The van der Waals surface area contributed by atoms with Gasteiger partial charge in [-0.2, -0.15) is 4.80 Å². The molecule has 2 aromatic rings. The number of aliphatic hydroxyl groups is 1. The van der Waals surface area contributed by atoms with Crippen molar-refractivity contribution in [3.05, 3.63) is 30.3 Å². The van der Waals surface area contributed by atoms with E-state index >= 15 is 0 Å². The number of hydrogen-bond acceptors (Lipinski definition) is 5. The van der Waals surface area contributed by atoms with Gasteiger partial charge in [0.2, 0.25) is 11.7 Å². The van der Waals surface area contributed by atoms with E-state index in [0.717, 1.165) is 15.3 Å². The molecule has 2 heterocycles. The topological polar surface area (TPSA) is 84.1 Å². The lowest BCUT2D eigenvalue weighted by atomic mass is 10.2. The molecule has 0 spiro atoms. The standard InChI is InChI=1S/C14H15F2N5O2/c15-14(16)6-11(8-22)20(9-14)12(23)7-21-18-13(17-19-21)10-4-2-1-3-5-10/h1-5,11,22H,6-9H2. The summed E-state index contributed by atoms with van der Waals surface area (Å²) in [4.78, 5) is 14.2. The van der Waals surface area contributed by atoms with Gasteiger partial charge < -0.3 is 10.0 Å². The molecule has 1 atom stereocenters. The summed E-state index contributed by atoms with van der Waals surface area (Å²) < 4.78 is 26.8. The molecule has 1 aliphatic rings. The Bertz CT molecular complexity index is 691. The smallest absolute Gasteiger partial charge is 0.267 e. The van der Waals surface area contributed by atoms with Crippen LogP contribution in [0, 0.1) is 0 Å². The van der Waals surface area contributed by atoms with Crippen molar-refractivity contribution < 1.29 is 18.7 Å². The third kappa shape index (κ3) is 3.34. The van der Waals surface area contributed by atoms with Crippen LogP contribution in [-0.4, -0.2) is 61.2 Å². The molecule has 0 radical (unpaired) electrons. The van der Waals surface area contributed by atoms with E-state index in [4.69, 9.17) is 5.11 Å². The van der Waals surface area contributed by atoms with E-state index in [1.54, 1.807) is 12.1 Å². The second-order valence-corrected chi connectivity index (χ2v) is 5.43. The molecule has 1 aromatic heterocycles. The molecule has 1 aromatic carbocycles. The van der Waals surface area contributed by atoms with Crippen molar-refractivity contribution in [2.75, 3.05) is 13.2 Å². The highest BCUT2D eigenvalue weighted by atomic mass is 19.3. The van der Waals surface area contributed by atoms with Crippen molar-refractivity contribution in [1.82, 2.24) is 25.1 Å². The van der Waals surface area contributed by atoms with E-state index < -0.39 is 37.4 Å². The van der Waals surface area contributed by atoms with Crippen LogP contribution in [0.15, 0.2) is 30.3 Å². The molecule has 7 nitrogen and oxygen atoms in total. The number of aliphatic hydroxyl groups excluding tert-OH is 1. The summed E-state index contributed by atoms with van der Waals surface area (Å²) in [6, 6.07) is 8.20. The van der Waals surface area contributed by atoms with Gasteiger partial charge in [-0.1, -0.05) is 30.3 Å². The van der Waals surface area contributed by atoms with Gasteiger partial charge in [0.15, 0.2) is 0 Å². The van der Waals surface area contributed by atoms with Crippen molar-refractivity contribution in [3.8, 4) is 11.4 Å². The molecule has 1 fully saturated rings. The maximum Gasteiger partial charge on any atom is 0.267 e. The van der Waals surface area contributed by atoms with Crippen LogP contribution in [0.2, 0.25) is 0 Å². The lowest BCUT2D eigenvalue weighted by molar-refractivity contribution is -0.135. The second-order valence-electron chi connectivity index (χ2n) is 5.43. The number of aromatic nitrogens is 4. The van der Waals surface area contributed by atoms with E-state index in [2.05, 4.69) is 15.4 Å². The Balaban J connectivity index is 1.70. The van der Waals surface area contributed by atoms with Crippen LogP contribution in [0.1, 0.15) is 6.42 Å². The lowest BCUT2D eigenvalue weighted by Crippen LogP contribution is -2.40. The summed E-state index contributed by atoms with van der Waals surface area (Å²) in [5.74, 6) is -3.20. The van der Waals surface area contributed by atoms with Crippen LogP contribution in [-0.2, 0) is 11.3 Å². The number of tetrazole rings is 1. The maximum absolute atomic E-state index is 13.4. The fourth-order valence-corrected chi connectivity index (χ4v) is 2.58. The van der Waals surface area contributed by atoms with Crippen molar-refractivity contribution in [3.63, 3.8) is 0 Å². The molecule has 3 rings (SSSR count). The molecule has 9 heteroatoms. The number of nitrogens with zero attached hydrogens (tertiary/aromatic N) is 5. The molecular formula is C14H15F2N5O2. The number of alkyl halides is 2. The van der Waals surface area contributed by atoms with Crippen molar-refractivity contribution in [2.24, 2.45) is 0 Å². The summed E-state index contributed by atoms with van der Waals surface area (Å²) in [6.45, 7) is -1.49. The lowest BCUT2D eigenvalue weighted by Gasteiger charge is -2.21. The zero-order valence-electron chi connectivity index (χ0n) is 12.1. The number of benzene rings is 1. The predicted molar refractivity (Wildman–Crippen MR) is 75.4 cm³/mol. The number of hydrogen-bond donors (Lipinski definition) is 1. The summed E-state index contributed by atoms with van der Waals surface area (Å²) in [7, 11) is 0. The highest BCUT2D eigenvalue weighted by Crippen LogP contribution is 2.31. The van der Waals surface area contributed by atoms with Gasteiger partial charge in [-0.05, 0) is 5.21 Å². The number of rotatable bonds is 4. The first-order chi connectivity index (χ1) is 11.0. The number of carbonyl (C=O) groups is 1. The van der Waals surface area contributed by atoms with Crippen LogP contribution >= 0.6 is 0 Å². The maximum atomic E-state index is 13.4. The zero-order valence-corrected chi connectivity index (χ0v) is 12.1. The van der Waals surface area contributed by atoms with Crippen LogP contribution in [0.5, 0.6) is 0 Å². The van der Waals surface area contributed by atoms with Crippen LogP contribution in [0.4, 0.5) is 8.78 Å². The van der Waals surface area contributed by atoms with E-state index in [1.165, 1.54) is 0 Å². The Kier molecular flexibility index (Phi) is 4.03. The number of halogens is 2. The van der Waals surface area contributed by atoms with Gasteiger partial charge in [0.1, 0.15) is 6.54 Å². The number of carbonyl (C=O) groups excluding carboxylic acids is 1. The molecule has 1 N–H and O–H groups in total. The normalized spacial score (nSPS) is 20.0. The molecule has 0 saturated carbocycles. The Morgan fingerprint density at radius 1 is 1.35 bits per heavy atom. The van der Waals surface area contributed by atoms with Crippen LogP contribution < -0.4 is 0 Å².